The smallest absolute Gasteiger partial charge is 0.261 e. The Kier molecular flexibility index (Phi) is 4.65. The van der Waals surface area contributed by atoms with Crippen LogP contribution in [0.2, 0.25) is 0 Å². The minimum Gasteiger partial charge on any atom is -0.324 e. The second-order valence-corrected chi connectivity index (χ2v) is 7.13. The number of halogens is 2. The van der Waals surface area contributed by atoms with Crippen LogP contribution in [0.1, 0.15) is 18.5 Å². The Morgan fingerprint density at radius 2 is 1.95 bits per heavy atom. The normalized spacial score (nSPS) is 13.0. The summed E-state index contributed by atoms with van der Waals surface area (Å²) < 4.78 is 40.5. The second-order valence-electron chi connectivity index (χ2n) is 4.59. The minimum atomic E-state index is -3.76. The Labute approximate surface area is 131 Å². The van der Waals surface area contributed by atoms with E-state index >= 15 is 0 Å². The largest absolute Gasteiger partial charge is 0.324 e. The third-order valence-corrected chi connectivity index (χ3v) is 4.89. The van der Waals surface area contributed by atoms with Crippen molar-refractivity contribution in [3.63, 3.8) is 0 Å². The van der Waals surface area contributed by atoms with Gasteiger partial charge in [0.1, 0.15) is 5.82 Å². The van der Waals surface area contributed by atoms with E-state index in [1.54, 1.807) is 19.1 Å². The van der Waals surface area contributed by atoms with Crippen LogP contribution in [0.3, 0.4) is 0 Å². The van der Waals surface area contributed by atoms with Gasteiger partial charge in [-0.3, -0.25) is 4.72 Å². The van der Waals surface area contributed by atoms with Crippen LogP contribution in [0.4, 0.5) is 10.1 Å². The van der Waals surface area contributed by atoms with E-state index in [0.29, 0.717) is 4.47 Å². The van der Waals surface area contributed by atoms with E-state index in [-0.39, 0.29) is 16.6 Å². The Balaban J connectivity index is 2.36. The third-order valence-electron chi connectivity index (χ3n) is 2.87. The first kappa shape index (κ1) is 15.9. The predicted octanol–water partition coefficient (Wildman–Crippen LogP) is 3.41. The summed E-state index contributed by atoms with van der Waals surface area (Å²) >= 11 is 3.12. The molecule has 0 saturated heterocycles. The molecule has 7 heteroatoms. The molecule has 0 aliphatic heterocycles. The Hall–Kier alpha value is -1.44. The molecule has 0 bridgehead atoms. The number of hydrogen-bond donors (Lipinski definition) is 2. The number of hydrogen-bond acceptors (Lipinski definition) is 3. The molecule has 1 atom stereocenters. The van der Waals surface area contributed by atoms with Gasteiger partial charge in [-0.15, -0.1) is 0 Å². The monoisotopic (exact) mass is 372 g/mol. The minimum absolute atomic E-state index is 0.105. The topological polar surface area (TPSA) is 72.2 Å². The van der Waals surface area contributed by atoms with E-state index in [4.69, 9.17) is 5.73 Å². The van der Waals surface area contributed by atoms with E-state index in [1.165, 1.54) is 30.3 Å². The zero-order valence-corrected chi connectivity index (χ0v) is 13.6. The zero-order valence-electron chi connectivity index (χ0n) is 11.2. The van der Waals surface area contributed by atoms with E-state index in [9.17, 15) is 12.8 Å². The molecule has 21 heavy (non-hydrogen) atoms. The molecule has 2 aromatic carbocycles. The van der Waals surface area contributed by atoms with Gasteiger partial charge in [0.15, 0.2) is 0 Å². The maximum Gasteiger partial charge on any atom is 0.261 e. The lowest BCUT2D eigenvalue weighted by molar-refractivity contribution is 0.600. The molecule has 0 aliphatic rings. The molecule has 0 radical (unpaired) electrons. The Morgan fingerprint density at radius 1 is 1.24 bits per heavy atom. The maximum absolute atomic E-state index is 13.0. The van der Waals surface area contributed by atoms with Gasteiger partial charge in [-0.05, 0) is 58.7 Å². The lowest BCUT2D eigenvalue weighted by Crippen LogP contribution is -2.14. The summed E-state index contributed by atoms with van der Waals surface area (Å²) in [5.41, 5.74) is 6.74. The molecule has 0 heterocycles. The average molecular weight is 373 g/mol. The molecule has 112 valence electrons. The van der Waals surface area contributed by atoms with Gasteiger partial charge in [0.25, 0.3) is 10.0 Å². The lowest BCUT2D eigenvalue weighted by Gasteiger charge is -2.12. The Bertz CT molecular complexity index is 763. The molecular weight excluding hydrogens is 359 g/mol. The number of nitrogens with one attached hydrogen (secondary N) is 1. The summed E-state index contributed by atoms with van der Waals surface area (Å²) in [5, 5.41) is 0. The van der Waals surface area contributed by atoms with Crippen molar-refractivity contribution in [2.45, 2.75) is 17.9 Å². The van der Waals surface area contributed by atoms with Crippen LogP contribution in [0.5, 0.6) is 0 Å². The van der Waals surface area contributed by atoms with Crippen molar-refractivity contribution in [3.8, 4) is 0 Å². The van der Waals surface area contributed by atoms with Gasteiger partial charge < -0.3 is 5.73 Å². The molecule has 0 amide bonds. The number of rotatable bonds is 4. The van der Waals surface area contributed by atoms with Gasteiger partial charge in [-0.1, -0.05) is 12.1 Å². The van der Waals surface area contributed by atoms with Crippen LogP contribution >= 0.6 is 15.9 Å². The molecular formula is C14H14BrFN2O2S. The highest BCUT2D eigenvalue weighted by Gasteiger charge is 2.17. The van der Waals surface area contributed by atoms with Crippen molar-refractivity contribution in [1.82, 2.24) is 0 Å². The van der Waals surface area contributed by atoms with Crippen molar-refractivity contribution in [3.05, 3.63) is 58.3 Å². The molecule has 4 nitrogen and oxygen atoms in total. The lowest BCUT2D eigenvalue weighted by atomic mass is 10.1. The number of anilines is 1. The summed E-state index contributed by atoms with van der Waals surface area (Å²) in [6, 6.07) is 9.85. The van der Waals surface area contributed by atoms with Gasteiger partial charge >= 0.3 is 0 Å². The molecule has 3 N–H and O–H groups in total. The standard InChI is InChI=1S/C14H14BrFN2O2S/c1-9(17)10-3-2-4-12(7-10)21(19,20)18-14-6-5-11(16)8-13(14)15/h2-9,18H,17H2,1H3. The molecule has 0 fully saturated rings. The highest BCUT2D eigenvalue weighted by atomic mass is 79.9. The first-order valence-corrected chi connectivity index (χ1v) is 8.40. The molecule has 2 aromatic rings. The van der Waals surface area contributed by atoms with Crippen LogP contribution < -0.4 is 10.5 Å². The maximum atomic E-state index is 13.0. The van der Waals surface area contributed by atoms with Crippen molar-refractivity contribution in [2.75, 3.05) is 4.72 Å². The van der Waals surface area contributed by atoms with Crippen LogP contribution in [-0.2, 0) is 10.0 Å². The van der Waals surface area contributed by atoms with E-state index in [1.807, 2.05) is 0 Å². The van der Waals surface area contributed by atoms with Crippen molar-refractivity contribution >= 4 is 31.6 Å². The molecule has 0 spiro atoms. The summed E-state index contributed by atoms with van der Waals surface area (Å²) in [5.74, 6) is -0.455. The van der Waals surface area contributed by atoms with Gasteiger partial charge in [-0.25, -0.2) is 12.8 Å². The van der Waals surface area contributed by atoms with Crippen molar-refractivity contribution < 1.29 is 12.8 Å². The first-order chi connectivity index (χ1) is 9.79. The molecule has 2 rings (SSSR count). The zero-order chi connectivity index (χ0) is 15.6. The van der Waals surface area contributed by atoms with E-state index in [0.717, 1.165) is 5.56 Å². The first-order valence-electron chi connectivity index (χ1n) is 6.13. The van der Waals surface area contributed by atoms with Gasteiger partial charge in [0, 0.05) is 10.5 Å². The quantitative estimate of drug-likeness (QED) is 0.863. The number of sulfonamides is 1. The average Bonchev–Trinajstić information content (AvgIpc) is 2.42. The second kappa shape index (κ2) is 6.13. The van der Waals surface area contributed by atoms with Gasteiger partial charge in [0.2, 0.25) is 0 Å². The van der Waals surface area contributed by atoms with Gasteiger partial charge in [-0.2, -0.15) is 0 Å². The third kappa shape index (κ3) is 3.81. The highest BCUT2D eigenvalue weighted by molar-refractivity contribution is 9.10. The van der Waals surface area contributed by atoms with E-state index in [2.05, 4.69) is 20.7 Å². The van der Waals surface area contributed by atoms with Crippen LogP contribution in [0, 0.1) is 5.82 Å². The van der Waals surface area contributed by atoms with Crippen LogP contribution in [0.25, 0.3) is 0 Å². The summed E-state index contributed by atoms with van der Waals surface area (Å²) in [7, 11) is -3.76. The van der Waals surface area contributed by atoms with E-state index < -0.39 is 15.8 Å². The summed E-state index contributed by atoms with van der Waals surface area (Å²) in [4.78, 5) is 0.105. The fraction of sp³-hybridized carbons (Fsp3) is 0.143. The fourth-order valence-corrected chi connectivity index (χ4v) is 3.46. The summed E-state index contributed by atoms with van der Waals surface area (Å²) in [6.07, 6.45) is 0. The van der Waals surface area contributed by atoms with Crippen molar-refractivity contribution in [2.24, 2.45) is 5.73 Å². The predicted molar refractivity (Wildman–Crippen MR) is 84.0 cm³/mol. The van der Waals surface area contributed by atoms with Crippen LogP contribution in [0.15, 0.2) is 51.8 Å². The molecule has 0 aliphatic carbocycles. The molecule has 1 unspecified atom stereocenters. The number of nitrogens with two attached hydrogens (primary N) is 1. The highest BCUT2D eigenvalue weighted by Crippen LogP contribution is 2.26. The fourth-order valence-electron chi connectivity index (χ4n) is 1.74. The Morgan fingerprint density at radius 3 is 2.57 bits per heavy atom. The molecule has 0 saturated carbocycles. The van der Waals surface area contributed by atoms with Crippen LogP contribution in [-0.4, -0.2) is 8.42 Å². The van der Waals surface area contributed by atoms with Crippen molar-refractivity contribution in [1.29, 1.82) is 0 Å². The number of benzene rings is 2. The molecule has 0 aromatic heterocycles. The summed E-state index contributed by atoms with van der Waals surface area (Å²) in [6.45, 7) is 1.77. The van der Waals surface area contributed by atoms with Gasteiger partial charge in [0.05, 0.1) is 10.6 Å². The SMILES string of the molecule is CC(N)c1cccc(S(=O)(=O)Nc2ccc(F)cc2Br)c1.